The fourth-order valence-corrected chi connectivity index (χ4v) is 1.78. The maximum atomic E-state index is 11.0. The van der Waals surface area contributed by atoms with Gasteiger partial charge < -0.3 is 10.1 Å². The zero-order valence-electron chi connectivity index (χ0n) is 10.4. The molecule has 3 nitrogen and oxygen atoms in total. The van der Waals surface area contributed by atoms with Gasteiger partial charge >= 0.3 is 0 Å². The van der Waals surface area contributed by atoms with Gasteiger partial charge in [-0.2, -0.15) is 0 Å². The van der Waals surface area contributed by atoms with Crippen molar-refractivity contribution in [3.8, 4) is 16.9 Å². The van der Waals surface area contributed by atoms with E-state index < -0.39 is 0 Å². The van der Waals surface area contributed by atoms with Crippen molar-refractivity contribution in [2.75, 3.05) is 12.4 Å². The highest BCUT2D eigenvalue weighted by Crippen LogP contribution is 2.25. The predicted octanol–water partition coefficient (Wildman–Crippen LogP) is 3.32. The smallest absolute Gasteiger partial charge is 0.221 e. The molecule has 3 heteroatoms. The summed E-state index contributed by atoms with van der Waals surface area (Å²) >= 11 is 0. The van der Waals surface area contributed by atoms with Crippen LogP contribution in [0.4, 0.5) is 5.69 Å². The van der Waals surface area contributed by atoms with Crippen molar-refractivity contribution in [1.82, 2.24) is 0 Å². The molecule has 2 aromatic rings. The van der Waals surface area contributed by atoms with Gasteiger partial charge in [-0.15, -0.1) is 0 Å². The van der Waals surface area contributed by atoms with E-state index in [-0.39, 0.29) is 5.91 Å². The number of rotatable bonds is 3. The van der Waals surface area contributed by atoms with Crippen LogP contribution in [0.15, 0.2) is 48.5 Å². The van der Waals surface area contributed by atoms with Crippen LogP contribution in [0.2, 0.25) is 0 Å². The molecule has 0 aliphatic rings. The summed E-state index contributed by atoms with van der Waals surface area (Å²) in [4.78, 5) is 11.0. The summed E-state index contributed by atoms with van der Waals surface area (Å²) in [6, 6.07) is 15.5. The van der Waals surface area contributed by atoms with Crippen LogP contribution in [0.5, 0.6) is 5.75 Å². The summed E-state index contributed by atoms with van der Waals surface area (Å²) in [6.07, 6.45) is 0. The topological polar surface area (TPSA) is 38.3 Å². The van der Waals surface area contributed by atoms with E-state index in [1.165, 1.54) is 6.92 Å². The summed E-state index contributed by atoms with van der Waals surface area (Å²) < 4.78 is 5.20. The minimum Gasteiger partial charge on any atom is -0.497 e. The average Bonchev–Trinajstić information content (AvgIpc) is 2.38. The Labute approximate surface area is 106 Å². The van der Waals surface area contributed by atoms with Crippen LogP contribution in [-0.2, 0) is 4.79 Å². The number of carbonyl (C=O) groups excluding carboxylic acids is 1. The number of nitrogens with one attached hydrogen (secondary N) is 1. The molecule has 0 aliphatic carbocycles. The van der Waals surface area contributed by atoms with Crippen LogP contribution >= 0.6 is 0 Å². The van der Waals surface area contributed by atoms with Gasteiger partial charge in [0.15, 0.2) is 0 Å². The SMILES string of the molecule is COc1cccc(-c2cccc(NC(C)=O)c2)c1. The van der Waals surface area contributed by atoms with Crippen molar-refractivity contribution >= 4 is 11.6 Å². The molecule has 1 N–H and O–H groups in total. The van der Waals surface area contributed by atoms with E-state index in [2.05, 4.69) is 5.32 Å². The Morgan fingerprint density at radius 3 is 2.39 bits per heavy atom. The predicted molar refractivity (Wildman–Crippen MR) is 72.7 cm³/mol. The molecule has 0 aromatic heterocycles. The molecule has 92 valence electrons. The van der Waals surface area contributed by atoms with E-state index in [0.717, 1.165) is 22.6 Å². The average molecular weight is 241 g/mol. The monoisotopic (exact) mass is 241 g/mol. The van der Waals surface area contributed by atoms with Crippen LogP contribution in [0.1, 0.15) is 6.92 Å². The fraction of sp³-hybridized carbons (Fsp3) is 0.133. The van der Waals surface area contributed by atoms with Gasteiger partial charge in [-0.3, -0.25) is 4.79 Å². The minimum absolute atomic E-state index is 0.0715. The van der Waals surface area contributed by atoms with E-state index in [0.29, 0.717) is 0 Å². The summed E-state index contributed by atoms with van der Waals surface area (Å²) in [5.74, 6) is 0.746. The third kappa shape index (κ3) is 2.88. The van der Waals surface area contributed by atoms with Gasteiger partial charge in [-0.1, -0.05) is 24.3 Å². The first-order chi connectivity index (χ1) is 8.69. The Bertz CT molecular complexity index is 564. The van der Waals surface area contributed by atoms with Crippen molar-refractivity contribution in [3.05, 3.63) is 48.5 Å². The second kappa shape index (κ2) is 5.36. The van der Waals surface area contributed by atoms with Crippen LogP contribution in [0, 0.1) is 0 Å². The lowest BCUT2D eigenvalue weighted by atomic mass is 10.0. The molecule has 0 heterocycles. The third-order valence-corrected chi connectivity index (χ3v) is 2.59. The van der Waals surface area contributed by atoms with Gasteiger partial charge in [0.25, 0.3) is 0 Å². The van der Waals surface area contributed by atoms with Gasteiger partial charge in [-0.25, -0.2) is 0 Å². The Morgan fingerprint density at radius 2 is 1.72 bits per heavy atom. The van der Waals surface area contributed by atoms with Crippen molar-refractivity contribution in [2.45, 2.75) is 6.92 Å². The summed E-state index contributed by atoms with van der Waals surface area (Å²) in [5, 5.41) is 2.77. The maximum absolute atomic E-state index is 11.0. The van der Waals surface area contributed by atoms with Gasteiger partial charge in [-0.05, 0) is 35.4 Å². The highest BCUT2D eigenvalue weighted by molar-refractivity contribution is 5.89. The van der Waals surface area contributed by atoms with Crippen LogP contribution in [0.25, 0.3) is 11.1 Å². The number of carbonyl (C=O) groups is 1. The Balaban J connectivity index is 2.34. The fourth-order valence-electron chi connectivity index (χ4n) is 1.78. The Morgan fingerprint density at radius 1 is 1.06 bits per heavy atom. The highest BCUT2D eigenvalue weighted by atomic mass is 16.5. The zero-order valence-corrected chi connectivity index (χ0v) is 10.4. The molecular weight excluding hydrogens is 226 g/mol. The molecular formula is C15H15NO2. The molecule has 0 saturated heterocycles. The first kappa shape index (κ1) is 12.2. The van der Waals surface area contributed by atoms with Crippen molar-refractivity contribution in [2.24, 2.45) is 0 Å². The molecule has 0 unspecified atom stereocenters. The molecule has 0 radical (unpaired) electrons. The van der Waals surface area contributed by atoms with Gasteiger partial charge in [0.05, 0.1) is 7.11 Å². The number of hydrogen-bond acceptors (Lipinski definition) is 2. The molecule has 0 saturated carbocycles. The molecule has 0 aliphatic heterocycles. The lowest BCUT2D eigenvalue weighted by Gasteiger charge is -2.07. The summed E-state index contributed by atoms with van der Waals surface area (Å²) in [6.45, 7) is 1.50. The molecule has 0 fully saturated rings. The van der Waals surface area contributed by atoms with E-state index in [4.69, 9.17) is 4.74 Å². The largest absolute Gasteiger partial charge is 0.497 e. The molecule has 1 amide bonds. The number of ether oxygens (including phenoxy) is 1. The van der Waals surface area contributed by atoms with E-state index in [1.807, 2.05) is 48.5 Å². The standard InChI is InChI=1S/C15H15NO2/c1-11(17)16-14-7-3-5-12(9-14)13-6-4-8-15(10-13)18-2/h3-10H,1-2H3,(H,16,17). The number of benzene rings is 2. The molecule has 2 rings (SSSR count). The third-order valence-electron chi connectivity index (χ3n) is 2.59. The Kier molecular flexibility index (Phi) is 3.63. The van der Waals surface area contributed by atoms with E-state index >= 15 is 0 Å². The number of methoxy groups -OCH3 is 1. The van der Waals surface area contributed by atoms with Crippen molar-refractivity contribution < 1.29 is 9.53 Å². The van der Waals surface area contributed by atoms with E-state index in [1.54, 1.807) is 7.11 Å². The van der Waals surface area contributed by atoms with Gasteiger partial charge in [0.2, 0.25) is 5.91 Å². The molecule has 2 aromatic carbocycles. The van der Waals surface area contributed by atoms with Crippen LogP contribution in [-0.4, -0.2) is 13.0 Å². The highest BCUT2D eigenvalue weighted by Gasteiger charge is 2.01. The lowest BCUT2D eigenvalue weighted by molar-refractivity contribution is -0.114. The van der Waals surface area contributed by atoms with Crippen LogP contribution in [0.3, 0.4) is 0 Å². The zero-order chi connectivity index (χ0) is 13.0. The lowest BCUT2D eigenvalue weighted by Crippen LogP contribution is -2.05. The molecule has 0 bridgehead atoms. The summed E-state index contributed by atoms with van der Waals surface area (Å²) in [7, 11) is 1.65. The van der Waals surface area contributed by atoms with E-state index in [9.17, 15) is 4.79 Å². The summed E-state index contributed by atoms with van der Waals surface area (Å²) in [5.41, 5.74) is 2.89. The second-order valence-electron chi connectivity index (χ2n) is 3.99. The molecule has 0 spiro atoms. The first-order valence-electron chi connectivity index (χ1n) is 5.71. The Hall–Kier alpha value is -2.29. The minimum atomic E-state index is -0.0715. The van der Waals surface area contributed by atoms with Gasteiger partial charge in [0, 0.05) is 12.6 Å². The first-order valence-corrected chi connectivity index (χ1v) is 5.71. The maximum Gasteiger partial charge on any atom is 0.221 e. The van der Waals surface area contributed by atoms with Gasteiger partial charge in [0.1, 0.15) is 5.75 Å². The number of amides is 1. The van der Waals surface area contributed by atoms with Crippen molar-refractivity contribution in [3.63, 3.8) is 0 Å². The second-order valence-corrected chi connectivity index (χ2v) is 3.99. The molecule has 18 heavy (non-hydrogen) atoms. The quantitative estimate of drug-likeness (QED) is 0.895. The number of anilines is 1. The van der Waals surface area contributed by atoms with Crippen molar-refractivity contribution in [1.29, 1.82) is 0 Å². The number of hydrogen-bond donors (Lipinski definition) is 1. The van der Waals surface area contributed by atoms with Crippen LogP contribution < -0.4 is 10.1 Å². The molecule has 0 atom stereocenters. The normalized spacial score (nSPS) is 9.89.